The van der Waals surface area contributed by atoms with Crippen molar-refractivity contribution in [3.05, 3.63) is 119 Å². The van der Waals surface area contributed by atoms with Gasteiger partial charge in [0.05, 0.1) is 13.7 Å². The molecule has 0 spiro atoms. The van der Waals surface area contributed by atoms with Gasteiger partial charge in [-0.05, 0) is 66.3 Å². The van der Waals surface area contributed by atoms with Crippen LogP contribution in [-0.4, -0.2) is 25.7 Å². The average Bonchev–Trinajstić information content (AvgIpc) is 3.14. The first-order valence-electron chi connectivity index (χ1n) is 13.1. The highest BCUT2D eigenvalue weighted by Gasteiger charge is 2.22. The summed E-state index contributed by atoms with van der Waals surface area (Å²) in [7, 11) is 1.31. The van der Waals surface area contributed by atoms with E-state index in [0.29, 0.717) is 18.6 Å². The summed E-state index contributed by atoms with van der Waals surface area (Å²) in [6, 6.07) is 5.19. The van der Waals surface area contributed by atoms with Crippen LogP contribution in [0.1, 0.15) is 61.9 Å². The maximum Gasteiger partial charge on any atom is 0.341 e. The Morgan fingerprint density at radius 1 is 0.947 bits per heavy atom. The van der Waals surface area contributed by atoms with E-state index in [1.165, 1.54) is 26.4 Å². The second-order valence-corrected chi connectivity index (χ2v) is 9.43. The summed E-state index contributed by atoms with van der Waals surface area (Å²) in [5.41, 5.74) is 5.67. The maximum atomic E-state index is 12.7. The quantitative estimate of drug-likeness (QED) is 0.187. The zero-order valence-electron chi connectivity index (χ0n) is 22.3. The lowest BCUT2D eigenvalue weighted by molar-refractivity contribution is -0.130. The molecule has 0 unspecified atom stereocenters. The van der Waals surface area contributed by atoms with Crippen molar-refractivity contribution in [3.8, 4) is 5.75 Å². The van der Waals surface area contributed by atoms with Crippen LogP contribution in [0.4, 0.5) is 0 Å². The minimum Gasteiger partial charge on any atom is -0.494 e. The Kier molecular flexibility index (Phi) is 9.36. The molecule has 196 valence electrons. The molecule has 0 heterocycles. The van der Waals surface area contributed by atoms with Crippen LogP contribution in [0.2, 0.25) is 0 Å². The first kappa shape index (κ1) is 27.2. The fraction of sp³-hybridized carbons (Fsp3) is 0.273. The Balaban J connectivity index is 1.51. The number of unbranched alkanes of at least 4 members (excludes halogenated alkanes) is 3. The molecule has 0 atom stereocenters. The highest BCUT2D eigenvalue weighted by molar-refractivity contribution is 5.97. The molecule has 3 aliphatic carbocycles. The summed E-state index contributed by atoms with van der Waals surface area (Å²) in [6.07, 6.45) is 24.9. The van der Waals surface area contributed by atoms with Gasteiger partial charge in [0.25, 0.3) is 0 Å². The van der Waals surface area contributed by atoms with Gasteiger partial charge in [-0.3, -0.25) is 0 Å². The van der Waals surface area contributed by atoms with Crippen molar-refractivity contribution in [2.75, 3.05) is 13.7 Å². The van der Waals surface area contributed by atoms with E-state index in [2.05, 4.69) is 19.4 Å². The van der Waals surface area contributed by atoms with Crippen molar-refractivity contribution < 1.29 is 23.8 Å². The van der Waals surface area contributed by atoms with Crippen LogP contribution in [0.3, 0.4) is 0 Å². The smallest absolute Gasteiger partial charge is 0.341 e. The normalized spacial score (nSPS) is 16.5. The molecule has 0 N–H and O–H groups in total. The van der Waals surface area contributed by atoms with E-state index in [-0.39, 0.29) is 11.3 Å². The van der Waals surface area contributed by atoms with Gasteiger partial charge in [-0.1, -0.05) is 74.3 Å². The molecule has 1 aromatic rings. The monoisotopic (exact) mass is 510 g/mol. The van der Waals surface area contributed by atoms with Crippen molar-refractivity contribution in [1.29, 1.82) is 0 Å². The molecule has 3 aliphatic rings. The number of allylic oxidation sites excluding steroid dienone is 12. The lowest BCUT2D eigenvalue weighted by Gasteiger charge is -2.18. The third kappa shape index (κ3) is 6.91. The van der Waals surface area contributed by atoms with E-state index in [0.717, 1.165) is 40.0 Å². The van der Waals surface area contributed by atoms with E-state index in [9.17, 15) is 9.59 Å². The van der Waals surface area contributed by atoms with Crippen molar-refractivity contribution >= 4 is 17.5 Å². The Hall–Kier alpha value is -3.86. The standard InChI is InChI=1S/C33H34O5/c1-4-5-6-7-19-37-29-10-8-9-25-20-26(15-16-27(25)21-29)28-17-18-31(30(22-28)33(35)36-3)38-32(34)24-13-11-23(2)12-14-24/h8-13,15-18,20-22H,4-7,14,19H2,1-3H3. The van der Waals surface area contributed by atoms with Crippen LogP contribution in [0, 0.1) is 12.8 Å². The highest BCUT2D eigenvalue weighted by atomic mass is 16.5. The Morgan fingerprint density at radius 2 is 1.79 bits per heavy atom. The van der Waals surface area contributed by atoms with Gasteiger partial charge in [0.1, 0.15) is 17.1 Å². The van der Waals surface area contributed by atoms with Crippen LogP contribution in [0.15, 0.2) is 94.9 Å². The molecule has 0 bridgehead atoms. The molecule has 0 aromatic heterocycles. The van der Waals surface area contributed by atoms with Crippen LogP contribution in [0.5, 0.6) is 5.75 Å². The molecular formula is C33H34O5. The van der Waals surface area contributed by atoms with Gasteiger partial charge >= 0.3 is 11.9 Å². The number of ether oxygens (including phenoxy) is 3. The minimum absolute atomic E-state index is 0.172. The van der Waals surface area contributed by atoms with Crippen LogP contribution in [-0.2, 0) is 14.3 Å². The first-order valence-corrected chi connectivity index (χ1v) is 13.1. The van der Waals surface area contributed by atoms with Gasteiger partial charge in [0.15, 0.2) is 0 Å². The molecule has 0 amide bonds. The molecule has 5 nitrogen and oxygen atoms in total. The summed E-state index contributed by atoms with van der Waals surface area (Å²) in [6.45, 7) is 4.88. The summed E-state index contributed by atoms with van der Waals surface area (Å²) >= 11 is 0. The number of rotatable bonds is 10. The average molecular weight is 511 g/mol. The maximum absolute atomic E-state index is 12.7. The summed E-state index contributed by atoms with van der Waals surface area (Å²) < 4.78 is 16.6. The fourth-order valence-corrected chi connectivity index (χ4v) is 4.31. The number of fused-ring (bicyclic) bond motifs is 1. The van der Waals surface area contributed by atoms with Gasteiger partial charge in [-0.2, -0.15) is 0 Å². The largest absolute Gasteiger partial charge is 0.494 e. The number of hydrogen-bond acceptors (Lipinski definition) is 5. The molecule has 38 heavy (non-hydrogen) atoms. The van der Waals surface area contributed by atoms with Crippen LogP contribution < -0.4 is 4.74 Å². The molecule has 1 aromatic carbocycles. The zero-order valence-corrected chi connectivity index (χ0v) is 22.3. The summed E-state index contributed by atoms with van der Waals surface area (Å²) in [5, 5.41) is 0. The van der Waals surface area contributed by atoms with Gasteiger partial charge in [0.2, 0.25) is 0 Å². The fourth-order valence-electron chi connectivity index (χ4n) is 4.31. The second kappa shape index (κ2) is 13.1. The van der Waals surface area contributed by atoms with Crippen molar-refractivity contribution in [3.63, 3.8) is 0 Å². The highest BCUT2D eigenvalue weighted by Crippen LogP contribution is 2.35. The third-order valence-corrected chi connectivity index (χ3v) is 6.56. The Bertz CT molecular complexity index is 1300. The molecule has 0 saturated heterocycles. The van der Waals surface area contributed by atoms with E-state index in [1.807, 2.05) is 55.9 Å². The third-order valence-electron chi connectivity index (χ3n) is 6.56. The van der Waals surface area contributed by atoms with E-state index in [4.69, 9.17) is 14.2 Å². The minimum atomic E-state index is -0.567. The Labute approximate surface area is 225 Å². The summed E-state index contributed by atoms with van der Waals surface area (Å²) in [4.78, 5) is 25.3. The predicted molar refractivity (Wildman–Crippen MR) is 150 cm³/mol. The zero-order chi connectivity index (χ0) is 26.9. The topological polar surface area (TPSA) is 61.8 Å². The van der Waals surface area contributed by atoms with Gasteiger partial charge < -0.3 is 14.2 Å². The number of carbonyl (C=O) groups is 2. The molecule has 2 radical (unpaired) electrons. The SMILES string of the molecule is CCCCCCOC1=CC2=CC=C(c3ccc(OC(=O)C4=C[CH]C(C)=CC4)c(C(=O)OC)c3)[CH]C2=CC=C1. The number of carbonyl (C=O) groups excluding carboxylic acids is 2. The van der Waals surface area contributed by atoms with E-state index >= 15 is 0 Å². The van der Waals surface area contributed by atoms with Crippen LogP contribution in [0.25, 0.3) is 5.57 Å². The van der Waals surface area contributed by atoms with Crippen molar-refractivity contribution in [1.82, 2.24) is 0 Å². The number of esters is 2. The molecular weight excluding hydrogens is 476 g/mol. The number of benzene rings is 1. The van der Waals surface area contributed by atoms with Gasteiger partial charge in [-0.15, -0.1) is 0 Å². The Morgan fingerprint density at radius 3 is 2.55 bits per heavy atom. The van der Waals surface area contributed by atoms with Gasteiger partial charge in [0, 0.05) is 18.4 Å². The van der Waals surface area contributed by atoms with Crippen LogP contribution >= 0.6 is 0 Å². The van der Waals surface area contributed by atoms with Crippen molar-refractivity contribution in [2.24, 2.45) is 0 Å². The summed E-state index contributed by atoms with van der Waals surface area (Å²) in [5.74, 6) is -0.0302. The molecule has 5 heteroatoms. The lowest BCUT2D eigenvalue weighted by Crippen LogP contribution is -2.15. The number of methoxy groups -OCH3 is 1. The van der Waals surface area contributed by atoms with E-state index in [1.54, 1.807) is 18.2 Å². The predicted octanol–water partition coefficient (Wildman–Crippen LogP) is 7.36. The molecule has 0 saturated carbocycles. The lowest BCUT2D eigenvalue weighted by atomic mass is 9.88. The molecule has 0 fully saturated rings. The molecule has 0 aliphatic heterocycles. The molecule has 4 rings (SSSR count). The number of hydrogen-bond donors (Lipinski definition) is 0. The van der Waals surface area contributed by atoms with E-state index < -0.39 is 11.9 Å². The second-order valence-electron chi connectivity index (χ2n) is 9.43. The van der Waals surface area contributed by atoms with Gasteiger partial charge in [-0.25, -0.2) is 9.59 Å². The van der Waals surface area contributed by atoms with Crippen molar-refractivity contribution in [2.45, 2.75) is 46.0 Å². The first-order chi connectivity index (χ1) is 18.5.